The molecule has 0 bridgehead atoms. The molecule has 0 aromatic heterocycles. The number of halogens is 1. The zero-order chi connectivity index (χ0) is 14.7. The molecule has 116 valence electrons. The molecule has 3 nitrogen and oxygen atoms in total. The number of likely N-dealkylation sites (tertiary alicyclic amines) is 2. The summed E-state index contributed by atoms with van der Waals surface area (Å²) in [6, 6.07) is 6.60. The molecular weight excluding hydrogens is 282 g/mol. The molecule has 2 aliphatic heterocycles. The molecule has 2 fully saturated rings. The van der Waals surface area contributed by atoms with E-state index in [9.17, 15) is 0 Å². The Bertz CT molecular complexity index is 443. The minimum atomic E-state index is 0.796. The molecule has 21 heavy (non-hydrogen) atoms. The van der Waals surface area contributed by atoms with Gasteiger partial charge in [-0.2, -0.15) is 0 Å². The summed E-state index contributed by atoms with van der Waals surface area (Å²) < 4.78 is 0. The Kier molecular flexibility index (Phi) is 5.04. The SMILES string of the molecule is Nc1cccc(Cl)c1CN1CCC(N2CCCCC2)CC1. The Labute approximate surface area is 133 Å². The van der Waals surface area contributed by atoms with Gasteiger partial charge in [0.1, 0.15) is 0 Å². The summed E-state index contributed by atoms with van der Waals surface area (Å²) in [5.74, 6) is 0. The van der Waals surface area contributed by atoms with Crippen molar-refractivity contribution < 1.29 is 0 Å². The van der Waals surface area contributed by atoms with Crippen molar-refractivity contribution in [2.45, 2.75) is 44.7 Å². The first-order valence-corrected chi connectivity index (χ1v) is 8.61. The monoisotopic (exact) mass is 307 g/mol. The molecule has 2 saturated heterocycles. The van der Waals surface area contributed by atoms with Gasteiger partial charge in [-0.15, -0.1) is 0 Å². The van der Waals surface area contributed by atoms with Gasteiger partial charge in [0, 0.05) is 28.9 Å². The third-order valence-corrected chi connectivity index (χ3v) is 5.36. The molecule has 4 heteroatoms. The summed E-state index contributed by atoms with van der Waals surface area (Å²) in [5.41, 5.74) is 7.98. The number of hydrogen-bond donors (Lipinski definition) is 1. The Morgan fingerprint density at radius 2 is 1.76 bits per heavy atom. The summed E-state index contributed by atoms with van der Waals surface area (Å²) in [4.78, 5) is 5.21. The molecule has 2 aliphatic rings. The van der Waals surface area contributed by atoms with Crippen molar-refractivity contribution in [1.82, 2.24) is 9.80 Å². The van der Waals surface area contributed by atoms with Gasteiger partial charge in [-0.25, -0.2) is 0 Å². The number of hydrogen-bond acceptors (Lipinski definition) is 3. The van der Waals surface area contributed by atoms with E-state index < -0.39 is 0 Å². The molecule has 0 aliphatic carbocycles. The highest BCUT2D eigenvalue weighted by molar-refractivity contribution is 6.31. The van der Waals surface area contributed by atoms with Crippen LogP contribution in [0.15, 0.2) is 18.2 Å². The van der Waals surface area contributed by atoms with E-state index in [1.807, 2.05) is 18.2 Å². The predicted octanol–water partition coefficient (Wildman–Crippen LogP) is 3.37. The van der Waals surface area contributed by atoms with E-state index in [0.29, 0.717) is 0 Å². The average Bonchev–Trinajstić information content (AvgIpc) is 2.53. The van der Waals surface area contributed by atoms with Crippen molar-refractivity contribution in [3.05, 3.63) is 28.8 Å². The van der Waals surface area contributed by atoms with Crippen LogP contribution in [-0.4, -0.2) is 42.0 Å². The molecule has 3 rings (SSSR count). The highest BCUT2D eigenvalue weighted by Crippen LogP contribution is 2.26. The highest BCUT2D eigenvalue weighted by Gasteiger charge is 2.25. The highest BCUT2D eigenvalue weighted by atomic mass is 35.5. The second-order valence-corrected chi connectivity index (χ2v) is 6.82. The van der Waals surface area contributed by atoms with Crippen molar-refractivity contribution in [2.75, 3.05) is 31.9 Å². The molecule has 0 saturated carbocycles. The lowest BCUT2D eigenvalue weighted by atomic mass is 9.99. The largest absolute Gasteiger partial charge is 0.398 e. The van der Waals surface area contributed by atoms with Crippen LogP contribution in [0.2, 0.25) is 5.02 Å². The van der Waals surface area contributed by atoms with Crippen molar-refractivity contribution in [2.24, 2.45) is 0 Å². The molecule has 0 unspecified atom stereocenters. The molecule has 2 N–H and O–H groups in total. The summed E-state index contributed by atoms with van der Waals surface area (Å²) in [6.07, 6.45) is 6.75. The molecule has 0 amide bonds. The lowest BCUT2D eigenvalue weighted by Crippen LogP contribution is -2.46. The average molecular weight is 308 g/mol. The quantitative estimate of drug-likeness (QED) is 0.869. The Morgan fingerprint density at radius 1 is 1.05 bits per heavy atom. The van der Waals surface area contributed by atoms with Gasteiger partial charge in [-0.1, -0.05) is 24.1 Å². The van der Waals surface area contributed by atoms with Crippen molar-refractivity contribution in [3.63, 3.8) is 0 Å². The number of rotatable bonds is 3. The van der Waals surface area contributed by atoms with E-state index in [4.69, 9.17) is 17.3 Å². The van der Waals surface area contributed by atoms with Crippen LogP contribution in [-0.2, 0) is 6.54 Å². The minimum Gasteiger partial charge on any atom is -0.398 e. The van der Waals surface area contributed by atoms with Crippen LogP contribution in [0.4, 0.5) is 5.69 Å². The van der Waals surface area contributed by atoms with Gasteiger partial charge in [0.05, 0.1) is 0 Å². The maximum Gasteiger partial charge on any atom is 0.0471 e. The first kappa shape index (κ1) is 15.1. The molecule has 1 aromatic carbocycles. The van der Waals surface area contributed by atoms with E-state index >= 15 is 0 Å². The summed E-state index contributed by atoms with van der Waals surface area (Å²) in [6.45, 7) is 5.82. The maximum atomic E-state index is 6.28. The predicted molar refractivity (Wildman–Crippen MR) is 89.6 cm³/mol. The molecule has 0 spiro atoms. The fourth-order valence-electron chi connectivity index (χ4n) is 3.69. The van der Waals surface area contributed by atoms with Crippen LogP contribution in [0.3, 0.4) is 0 Å². The number of nitrogen functional groups attached to an aromatic ring is 1. The molecule has 0 radical (unpaired) electrons. The number of anilines is 1. The summed E-state index contributed by atoms with van der Waals surface area (Å²) in [7, 11) is 0. The Hall–Kier alpha value is -0.770. The smallest absolute Gasteiger partial charge is 0.0471 e. The van der Waals surface area contributed by atoms with Crippen LogP contribution in [0.25, 0.3) is 0 Å². The number of nitrogens with zero attached hydrogens (tertiary/aromatic N) is 2. The van der Waals surface area contributed by atoms with Gasteiger partial charge >= 0.3 is 0 Å². The fourth-order valence-corrected chi connectivity index (χ4v) is 3.93. The third-order valence-electron chi connectivity index (χ3n) is 5.00. The van der Waals surface area contributed by atoms with E-state index in [-0.39, 0.29) is 0 Å². The topological polar surface area (TPSA) is 32.5 Å². The Morgan fingerprint density at radius 3 is 2.43 bits per heavy atom. The maximum absolute atomic E-state index is 6.28. The molecule has 1 aromatic rings. The van der Waals surface area contributed by atoms with E-state index in [2.05, 4.69) is 9.80 Å². The van der Waals surface area contributed by atoms with Gasteiger partial charge in [-0.3, -0.25) is 4.90 Å². The fraction of sp³-hybridized carbons (Fsp3) is 0.647. The van der Waals surface area contributed by atoms with Crippen LogP contribution in [0.5, 0.6) is 0 Å². The number of benzene rings is 1. The van der Waals surface area contributed by atoms with E-state index in [0.717, 1.165) is 41.9 Å². The normalized spacial score (nSPS) is 22.5. The minimum absolute atomic E-state index is 0.796. The zero-order valence-corrected chi connectivity index (χ0v) is 13.5. The first-order valence-electron chi connectivity index (χ1n) is 8.23. The Balaban J connectivity index is 1.54. The summed E-state index contributed by atoms with van der Waals surface area (Å²) >= 11 is 6.28. The number of piperidine rings is 2. The third kappa shape index (κ3) is 3.71. The van der Waals surface area contributed by atoms with Gasteiger partial charge in [0.15, 0.2) is 0 Å². The van der Waals surface area contributed by atoms with Crippen LogP contribution in [0.1, 0.15) is 37.7 Å². The van der Waals surface area contributed by atoms with Crippen LogP contribution < -0.4 is 5.73 Å². The standard InChI is InChI=1S/C17H26ClN3/c18-16-5-4-6-17(19)15(16)13-20-11-7-14(8-12-20)21-9-2-1-3-10-21/h4-6,14H,1-3,7-13,19H2. The van der Waals surface area contributed by atoms with Gasteiger partial charge in [0.25, 0.3) is 0 Å². The number of nitrogens with two attached hydrogens (primary N) is 1. The van der Waals surface area contributed by atoms with Gasteiger partial charge in [-0.05, 0) is 64.0 Å². The first-order chi connectivity index (χ1) is 10.2. The molecule has 2 heterocycles. The lowest BCUT2D eigenvalue weighted by Gasteiger charge is -2.40. The van der Waals surface area contributed by atoms with Crippen LogP contribution >= 0.6 is 11.6 Å². The second kappa shape index (κ2) is 6.99. The van der Waals surface area contributed by atoms with Crippen LogP contribution in [0, 0.1) is 0 Å². The van der Waals surface area contributed by atoms with Gasteiger partial charge in [0.2, 0.25) is 0 Å². The molecular formula is C17H26ClN3. The van der Waals surface area contributed by atoms with Crippen molar-refractivity contribution in [1.29, 1.82) is 0 Å². The van der Waals surface area contributed by atoms with E-state index in [1.54, 1.807) is 0 Å². The second-order valence-electron chi connectivity index (χ2n) is 6.41. The summed E-state index contributed by atoms with van der Waals surface area (Å²) in [5, 5.41) is 0.799. The van der Waals surface area contributed by atoms with Crippen molar-refractivity contribution in [3.8, 4) is 0 Å². The molecule has 0 atom stereocenters. The van der Waals surface area contributed by atoms with Gasteiger partial charge < -0.3 is 10.6 Å². The zero-order valence-electron chi connectivity index (χ0n) is 12.7. The lowest BCUT2D eigenvalue weighted by molar-refractivity contribution is 0.0897. The van der Waals surface area contributed by atoms with E-state index in [1.165, 1.54) is 45.2 Å². The van der Waals surface area contributed by atoms with Crippen molar-refractivity contribution >= 4 is 17.3 Å².